The highest BCUT2D eigenvalue weighted by Gasteiger charge is 2.50. The van der Waals surface area contributed by atoms with E-state index in [0.717, 1.165) is 25.7 Å². The van der Waals surface area contributed by atoms with Crippen LogP contribution in [-0.2, 0) is 9.47 Å². The first kappa shape index (κ1) is 13.3. The number of ether oxygens (including phenoxy) is 2. The van der Waals surface area contributed by atoms with E-state index in [-0.39, 0.29) is 23.4 Å². The average Bonchev–Trinajstić information content (AvgIpc) is 2.69. The van der Waals surface area contributed by atoms with Gasteiger partial charge >= 0.3 is 0 Å². The molecule has 2 aliphatic rings. The molecule has 3 nitrogen and oxygen atoms in total. The van der Waals surface area contributed by atoms with Crippen LogP contribution in [0.1, 0.15) is 60.3 Å². The van der Waals surface area contributed by atoms with Crippen LogP contribution < -0.4 is 0 Å². The third-order valence-corrected chi connectivity index (χ3v) is 4.25. The molecule has 2 heterocycles. The highest BCUT2D eigenvalue weighted by atomic mass is 16.6. The van der Waals surface area contributed by atoms with Crippen LogP contribution in [0, 0.1) is 0 Å². The Bertz CT molecular complexity index is 292. The zero-order valence-corrected chi connectivity index (χ0v) is 11.7. The minimum absolute atomic E-state index is 0.0240. The summed E-state index contributed by atoms with van der Waals surface area (Å²) in [7, 11) is 0. The third kappa shape index (κ3) is 2.67. The molecule has 0 amide bonds. The average molecular weight is 242 g/mol. The lowest BCUT2D eigenvalue weighted by molar-refractivity contribution is -0.172. The summed E-state index contributed by atoms with van der Waals surface area (Å²) in [6.07, 6.45) is 4.14. The molecule has 3 atom stereocenters. The second-order valence-electron chi connectivity index (χ2n) is 7.02. The molecule has 3 heteroatoms. The first-order valence-corrected chi connectivity index (χ1v) is 6.70. The van der Waals surface area contributed by atoms with Gasteiger partial charge < -0.3 is 14.6 Å². The summed E-state index contributed by atoms with van der Waals surface area (Å²) in [4.78, 5) is 0. The molecule has 0 aromatic heterocycles. The van der Waals surface area contributed by atoms with Crippen LogP contribution in [0.2, 0.25) is 0 Å². The van der Waals surface area contributed by atoms with Gasteiger partial charge in [-0.3, -0.25) is 0 Å². The number of hydrogen-bond acceptors (Lipinski definition) is 3. The Morgan fingerprint density at radius 1 is 1.06 bits per heavy atom. The van der Waals surface area contributed by atoms with Crippen molar-refractivity contribution in [1.82, 2.24) is 0 Å². The van der Waals surface area contributed by atoms with E-state index in [1.165, 1.54) is 0 Å². The van der Waals surface area contributed by atoms with E-state index < -0.39 is 5.60 Å². The van der Waals surface area contributed by atoms with Gasteiger partial charge in [0, 0.05) is 0 Å². The smallest absolute Gasteiger partial charge is 0.0921 e. The molecule has 100 valence electrons. The first-order chi connectivity index (χ1) is 7.62. The maximum atomic E-state index is 10.0. The number of hydrogen-bond donors (Lipinski definition) is 1. The Kier molecular flexibility index (Phi) is 3.08. The molecule has 0 aromatic carbocycles. The van der Waals surface area contributed by atoms with Gasteiger partial charge in [0.2, 0.25) is 0 Å². The lowest BCUT2D eigenvalue weighted by Crippen LogP contribution is -2.44. The fraction of sp³-hybridized carbons (Fsp3) is 1.00. The van der Waals surface area contributed by atoms with Crippen LogP contribution in [0.25, 0.3) is 0 Å². The van der Waals surface area contributed by atoms with Gasteiger partial charge in [-0.1, -0.05) is 0 Å². The van der Waals surface area contributed by atoms with Crippen LogP contribution in [-0.4, -0.2) is 34.1 Å². The Morgan fingerprint density at radius 2 is 1.71 bits per heavy atom. The fourth-order valence-electron chi connectivity index (χ4n) is 3.01. The summed E-state index contributed by atoms with van der Waals surface area (Å²) < 4.78 is 12.2. The van der Waals surface area contributed by atoms with Crippen molar-refractivity contribution >= 4 is 0 Å². The molecule has 0 aliphatic carbocycles. The van der Waals surface area contributed by atoms with Crippen molar-refractivity contribution in [1.29, 1.82) is 0 Å². The second kappa shape index (κ2) is 3.94. The first-order valence-electron chi connectivity index (χ1n) is 6.70. The summed E-state index contributed by atoms with van der Waals surface area (Å²) in [5, 5.41) is 10.0. The van der Waals surface area contributed by atoms with Crippen LogP contribution in [0.15, 0.2) is 0 Å². The molecule has 0 unspecified atom stereocenters. The Balaban J connectivity index is 2.03. The van der Waals surface area contributed by atoms with Gasteiger partial charge in [-0.2, -0.15) is 0 Å². The third-order valence-electron chi connectivity index (χ3n) is 4.25. The molecule has 0 spiro atoms. The number of rotatable bonds is 2. The van der Waals surface area contributed by atoms with E-state index in [1.54, 1.807) is 0 Å². The van der Waals surface area contributed by atoms with Crippen LogP contribution in [0.5, 0.6) is 0 Å². The topological polar surface area (TPSA) is 38.7 Å². The molecular formula is C14H26O3. The lowest BCUT2D eigenvalue weighted by Gasteiger charge is -2.34. The van der Waals surface area contributed by atoms with E-state index in [1.807, 2.05) is 13.8 Å². The van der Waals surface area contributed by atoms with Crippen molar-refractivity contribution in [3.05, 3.63) is 0 Å². The van der Waals surface area contributed by atoms with Crippen LogP contribution in [0.3, 0.4) is 0 Å². The summed E-state index contributed by atoms with van der Waals surface area (Å²) in [6.45, 7) is 10.0. The number of aliphatic hydroxyl groups is 1. The summed E-state index contributed by atoms with van der Waals surface area (Å²) in [5.74, 6) is 0. The predicted octanol–water partition coefficient (Wildman–Crippen LogP) is 2.65. The largest absolute Gasteiger partial charge is 0.388 e. The minimum atomic E-state index is -0.758. The van der Waals surface area contributed by atoms with Crippen molar-refractivity contribution in [3.63, 3.8) is 0 Å². The van der Waals surface area contributed by atoms with E-state index in [4.69, 9.17) is 9.47 Å². The zero-order chi connectivity index (χ0) is 12.9. The second-order valence-corrected chi connectivity index (χ2v) is 7.02. The fourth-order valence-corrected chi connectivity index (χ4v) is 3.01. The van der Waals surface area contributed by atoms with E-state index in [0.29, 0.717) is 0 Å². The predicted molar refractivity (Wildman–Crippen MR) is 67.0 cm³/mol. The van der Waals surface area contributed by atoms with E-state index >= 15 is 0 Å². The normalized spacial score (nSPS) is 42.0. The molecule has 0 aromatic rings. The van der Waals surface area contributed by atoms with Gasteiger partial charge in [-0.25, -0.2) is 0 Å². The SMILES string of the molecule is CC1(C)CC[C@H]([C@]2(C)CC[C@H](C(C)(C)O)O2)O1. The molecule has 17 heavy (non-hydrogen) atoms. The van der Waals surface area contributed by atoms with Crippen LogP contribution in [0.4, 0.5) is 0 Å². The summed E-state index contributed by atoms with van der Waals surface area (Å²) in [6, 6.07) is 0. The summed E-state index contributed by atoms with van der Waals surface area (Å²) >= 11 is 0. The maximum absolute atomic E-state index is 10.0. The summed E-state index contributed by atoms with van der Waals surface area (Å²) in [5.41, 5.74) is -1.01. The Labute approximate surface area is 104 Å². The van der Waals surface area contributed by atoms with Gasteiger partial charge in [-0.15, -0.1) is 0 Å². The van der Waals surface area contributed by atoms with Crippen molar-refractivity contribution in [3.8, 4) is 0 Å². The molecule has 2 fully saturated rings. The monoisotopic (exact) mass is 242 g/mol. The van der Waals surface area contributed by atoms with Crippen LogP contribution >= 0.6 is 0 Å². The Morgan fingerprint density at radius 3 is 2.12 bits per heavy atom. The molecule has 0 radical (unpaired) electrons. The van der Waals surface area contributed by atoms with Crippen molar-refractivity contribution in [2.24, 2.45) is 0 Å². The van der Waals surface area contributed by atoms with Gasteiger partial charge in [0.15, 0.2) is 0 Å². The Hall–Kier alpha value is -0.120. The molecule has 0 saturated carbocycles. The zero-order valence-electron chi connectivity index (χ0n) is 11.7. The minimum Gasteiger partial charge on any atom is -0.388 e. The van der Waals surface area contributed by atoms with Crippen molar-refractivity contribution < 1.29 is 14.6 Å². The molecule has 2 rings (SSSR count). The van der Waals surface area contributed by atoms with Gasteiger partial charge in [-0.05, 0) is 60.3 Å². The molecule has 2 saturated heterocycles. The highest BCUT2D eigenvalue weighted by molar-refractivity contribution is 4.99. The molecule has 1 N–H and O–H groups in total. The van der Waals surface area contributed by atoms with Gasteiger partial charge in [0.05, 0.1) is 29.0 Å². The van der Waals surface area contributed by atoms with Crippen molar-refractivity contribution in [2.75, 3.05) is 0 Å². The molecule has 0 bridgehead atoms. The van der Waals surface area contributed by atoms with Crippen molar-refractivity contribution in [2.45, 2.75) is 89.3 Å². The van der Waals surface area contributed by atoms with Gasteiger partial charge in [0.25, 0.3) is 0 Å². The molecule has 2 aliphatic heterocycles. The maximum Gasteiger partial charge on any atom is 0.0921 e. The lowest BCUT2D eigenvalue weighted by atomic mass is 9.91. The van der Waals surface area contributed by atoms with Gasteiger partial charge in [0.1, 0.15) is 0 Å². The standard InChI is InChI=1S/C14H26O3/c1-12(2)8-6-11(16-12)14(5)9-7-10(17-14)13(3,4)15/h10-11,15H,6-9H2,1-5H3/t10-,11-,14+/m1/s1. The van der Waals surface area contributed by atoms with E-state index in [9.17, 15) is 5.11 Å². The quantitative estimate of drug-likeness (QED) is 0.809. The molecular weight excluding hydrogens is 216 g/mol. The van der Waals surface area contributed by atoms with E-state index in [2.05, 4.69) is 20.8 Å². The highest BCUT2D eigenvalue weighted by Crippen LogP contribution is 2.44.